The Morgan fingerprint density at radius 2 is 1.89 bits per heavy atom. The first-order valence-electron chi connectivity index (χ1n) is 9.77. The molecule has 4 rings (SSSR count). The highest BCUT2D eigenvalue weighted by Gasteiger charge is 2.24. The first kappa shape index (κ1) is 17.8. The van der Waals surface area contributed by atoms with Crippen LogP contribution in [0.4, 0.5) is 4.39 Å². The highest BCUT2D eigenvalue weighted by molar-refractivity contribution is 5.55. The fraction of sp³-hybridized carbons (Fsp3) is 0.333. The van der Waals surface area contributed by atoms with Crippen molar-refractivity contribution in [2.75, 3.05) is 13.1 Å². The molecular weight excluding hydrogens is 335 g/mol. The lowest BCUT2D eigenvalue weighted by Gasteiger charge is -2.37. The minimum absolute atomic E-state index is 0.135. The molecule has 2 aromatic carbocycles. The summed E-state index contributed by atoms with van der Waals surface area (Å²) < 4.78 is 13.5. The van der Waals surface area contributed by atoms with Gasteiger partial charge >= 0.3 is 0 Å². The number of nitrogens with zero attached hydrogens (tertiary/aromatic N) is 2. The molecule has 140 valence electrons. The molecule has 2 aromatic rings. The maximum atomic E-state index is 13.5. The van der Waals surface area contributed by atoms with E-state index in [-0.39, 0.29) is 11.9 Å². The fourth-order valence-corrected chi connectivity index (χ4v) is 4.45. The number of rotatable bonds is 3. The highest BCUT2D eigenvalue weighted by atomic mass is 19.1. The van der Waals surface area contributed by atoms with Gasteiger partial charge in [0.15, 0.2) is 0 Å². The molecule has 0 saturated heterocycles. The number of halogens is 1. The van der Waals surface area contributed by atoms with Crippen molar-refractivity contribution >= 4 is 6.08 Å². The Morgan fingerprint density at radius 3 is 2.70 bits per heavy atom. The lowest BCUT2D eigenvalue weighted by Crippen LogP contribution is -2.32. The third-order valence-electron chi connectivity index (χ3n) is 6.00. The topological polar surface area (TPSA) is 6.48 Å². The molecule has 27 heavy (non-hydrogen) atoms. The lowest BCUT2D eigenvalue weighted by molar-refractivity contribution is 0.259. The largest absolute Gasteiger partial charge is 0.373 e. The molecule has 2 aliphatic heterocycles. The zero-order chi connectivity index (χ0) is 19.0. The van der Waals surface area contributed by atoms with Gasteiger partial charge in [0.25, 0.3) is 0 Å². The molecule has 2 nitrogen and oxygen atoms in total. The molecule has 1 atom stereocenters. The Hall–Kier alpha value is -2.55. The van der Waals surface area contributed by atoms with Gasteiger partial charge < -0.3 is 9.80 Å². The van der Waals surface area contributed by atoms with Gasteiger partial charge in [0.1, 0.15) is 5.82 Å². The molecule has 1 unspecified atom stereocenters. The summed E-state index contributed by atoms with van der Waals surface area (Å²) in [4.78, 5) is 4.70. The first-order valence-corrected chi connectivity index (χ1v) is 9.77. The summed E-state index contributed by atoms with van der Waals surface area (Å²) in [5.41, 5.74) is 7.73. The van der Waals surface area contributed by atoms with E-state index in [1.54, 1.807) is 12.1 Å². The summed E-state index contributed by atoms with van der Waals surface area (Å²) in [5, 5.41) is 0. The Bertz CT molecular complexity index is 899. The van der Waals surface area contributed by atoms with E-state index < -0.39 is 0 Å². The van der Waals surface area contributed by atoms with E-state index in [2.05, 4.69) is 54.5 Å². The van der Waals surface area contributed by atoms with Crippen LogP contribution in [0.15, 0.2) is 54.9 Å². The average molecular weight is 362 g/mol. The van der Waals surface area contributed by atoms with Crippen molar-refractivity contribution in [3.63, 3.8) is 0 Å². The van der Waals surface area contributed by atoms with Gasteiger partial charge in [-0.3, -0.25) is 0 Å². The summed E-state index contributed by atoms with van der Waals surface area (Å²) in [5.74, 6) is -0.135. The molecule has 0 N–H and O–H groups in total. The van der Waals surface area contributed by atoms with E-state index in [1.807, 2.05) is 12.3 Å². The minimum Gasteiger partial charge on any atom is -0.373 e. The molecule has 3 heteroatoms. The third-order valence-corrected chi connectivity index (χ3v) is 6.00. The second-order valence-corrected chi connectivity index (χ2v) is 7.68. The normalized spacial score (nSPS) is 19.5. The maximum Gasteiger partial charge on any atom is 0.123 e. The molecule has 0 saturated carbocycles. The van der Waals surface area contributed by atoms with Crippen LogP contribution in [0.3, 0.4) is 0 Å². The van der Waals surface area contributed by atoms with Crippen molar-refractivity contribution in [2.24, 2.45) is 0 Å². The molecule has 0 radical (unpaired) electrons. The Balaban J connectivity index is 1.58. The van der Waals surface area contributed by atoms with Crippen LogP contribution in [0.25, 0.3) is 6.08 Å². The number of allylic oxidation sites excluding steroid dienone is 1. The van der Waals surface area contributed by atoms with Crippen molar-refractivity contribution in [1.29, 1.82) is 0 Å². The molecule has 0 aliphatic carbocycles. The average Bonchev–Trinajstić information content (AvgIpc) is 2.67. The van der Waals surface area contributed by atoms with Gasteiger partial charge in [-0.15, -0.1) is 0 Å². The highest BCUT2D eigenvalue weighted by Crippen LogP contribution is 2.33. The molecule has 0 aromatic heterocycles. The van der Waals surface area contributed by atoms with Gasteiger partial charge in [-0.25, -0.2) is 4.39 Å². The van der Waals surface area contributed by atoms with E-state index in [9.17, 15) is 4.39 Å². The van der Waals surface area contributed by atoms with Crippen LogP contribution in [-0.2, 0) is 19.4 Å². The summed E-state index contributed by atoms with van der Waals surface area (Å²) in [6, 6.07) is 12.3. The van der Waals surface area contributed by atoms with Gasteiger partial charge in [0, 0.05) is 25.3 Å². The lowest BCUT2D eigenvalue weighted by atomic mass is 9.92. The molecule has 0 amide bonds. The van der Waals surface area contributed by atoms with E-state index in [0.29, 0.717) is 0 Å². The Labute approximate surface area is 161 Å². The monoisotopic (exact) mass is 362 g/mol. The summed E-state index contributed by atoms with van der Waals surface area (Å²) in [6.07, 6.45) is 6.19. The van der Waals surface area contributed by atoms with Gasteiger partial charge in [-0.2, -0.15) is 0 Å². The van der Waals surface area contributed by atoms with E-state index >= 15 is 0 Å². The predicted molar refractivity (Wildman–Crippen MR) is 110 cm³/mol. The second kappa shape index (κ2) is 7.22. The zero-order valence-electron chi connectivity index (χ0n) is 16.2. The van der Waals surface area contributed by atoms with Crippen molar-refractivity contribution < 1.29 is 4.39 Å². The Kier molecular flexibility index (Phi) is 4.77. The van der Waals surface area contributed by atoms with Gasteiger partial charge in [-0.1, -0.05) is 24.8 Å². The van der Waals surface area contributed by atoms with Crippen molar-refractivity contribution in [2.45, 2.75) is 39.3 Å². The summed E-state index contributed by atoms with van der Waals surface area (Å²) >= 11 is 0. The molecule has 2 heterocycles. The molecular formula is C24H27FN2. The van der Waals surface area contributed by atoms with E-state index in [1.165, 1.54) is 28.0 Å². The zero-order valence-corrected chi connectivity index (χ0v) is 16.2. The number of hydrogen-bond acceptors (Lipinski definition) is 2. The van der Waals surface area contributed by atoms with Crippen LogP contribution in [0.5, 0.6) is 0 Å². The first-order chi connectivity index (χ1) is 13.0. The van der Waals surface area contributed by atoms with E-state index in [0.717, 1.165) is 38.0 Å². The van der Waals surface area contributed by atoms with Crippen LogP contribution in [0.2, 0.25) is 0 Å². The number of hydrogen-bond donors (Lipinski definition) is 0. The summed E-state index contributed by atoms with van der Waals surface area (Å²) in [7, 11) is 0. The SMILES string of the molecule is C=CN1CCc2ccc(C=C(C)N3CCc4cc(F)ccc4C3C)cc2C1. The minimum atomic E-state index is -0.135. The van der Waals surface area contributed by atoms with Crippen LogP contribution in [0.1, 0.15) is 47.7 Å². The van der Waals surface area contributed by atoms with Crippen LogP contribution >= 0.6 is 0 Å². The van der Waals surface area contributed by atoms with Gasteiger partial charge in [0.05, 0.1) is 6.04 Å². The van der Waals surface area contributed by atoms with Crippen molar-refractivity contribution in [1.82, 2.24) is 9.80 Å². The van der Waals surface area contributed by atoms with Crippen LogP contribution < -0.4 is 0 Å². The van der Waals surface area contributed by atoms with Crippen LogP contribution in [-0.4, -0.2) is 22.9 Å². The molecule has 0 bridgehead atoms. The molecule has 0 fully saturated rings. The van der Waals surface area contributed by atoms with Crippen molar-refractivity contribution in [3.8, 4) is 0 Å². The maximum absolute atomic E-state index is 13.5. The van der Waals surface area contributed by atoms with Gasteiger partial charge in [0.2, 0.25) is 0 Å². The molecule has 2 aliphatic rings. The summed E-state index contributed by atoms with van der Waals surface area (Å²) in [6.45, 7) is 11.2. The second-order valence-electron chi connectivity index (χ2n) is 7.68. The third kappa shape index (κ3) is 3.51. The van der Waals surface area contributed by atoms with Crippen molar-refractivity contribution in [3.05, 3.63) is 88.5 Å². The number of benzene rings is 2. The van der Waals surface area contributed by atoms with Crippen LogP contribution in [0, 0.1) is 5.82 Å². The molecule has 0 spiro atoms. The fourth-order valence-electron chi connectivity index (χ4n) is 4.45. The quantitative estimate of drug-likeness (QED) is 0.730. The van der Waals surface area contributed by atoms with Gasteiger partial charge in [-0.05, 0) is 85.0 Å². The smallest absolute Gasteiger partial charge is 0.123 e. The van der Waals surface area contributed by atoms with E-state index in [4.69, 9.17) is 0 Å². The standard InChI is InChI=1S/C24H27FN2/c1-4-26-11-9-20-6-5-19(14-22(20)16-26)13-17(2)27-12-10-21-15-23(25)7-8-24(21)18(27)3/h4-8,13-15,18H,1,9-12,16H2,2-3H3. The number of fused-ring (bicyclic) bond motifs is 2. The predicted octanol–water partition coefficient (Wildman–Crippen LogP) is 5.31. The Morgan fingerprint density at radius 1 is 1.07 bits per heavy atom.